The fraction of sp³-hybridized carbons (Fsp3) is 0.475. The van der Waals surface area contributed by atoms with Crippen LogP contribution in [0.5, 0.6) is 0 Å². The number of alkyl halides is 2. The van der Waals surface area contributed by atoms with Crippen LogP contribution in [-0.4, -0.2) is 92.3 Å². The van der Waals surface area contributed by atoms with Gasteiger partial charge in [-0.3, -0.25) is 28.8 Å². The molecule has 328 valence electrons. The first-order valence-corrected chi connectivity index (χ1v) is 20.3. The highest BCUT2D eigenvalue weighted by atomic mass is 79.9. The van der Waals surface area contributed by atoms with Crippen LogP contribution in [0.1, 0.15) is 82.4 Å². The number of nitrogens with one attached hydrogen (secondary N) is 2. The van der Waals surface area contributed by atoms with Crippen molar-refractivity contribution in [1.29, 1.82) is 0 Å². The Morgan fingerprint density at radius 2 is 1.84 bits per heavy atom. The molecule has 2 aliphatic rings. The van der Waals surface area contributed by atoms with Gasteiger partial charge in [0.05, 0.1) is 48.4 Å². The van der Waals surface area contributed by atoms with E-state index < -0.39 is 116 Å². The fourth-order valence-electron chi connectivity index (χ4n) is 7.44. The molecule has 5 rings (SSSR count). The summed E-state index contributed by atoms with van der Waals surface area (Å²) in [7, 11) is 0. The van der Waals surface area contributed by atoms with Crippen molar-refractivity contribution in [3.63, 3.8) is 0 Å². The molecule has 0 fully saturated rings. The molecule has 18 nitrogen and oxygen atoms in total. The number of urea groups is 1. The van der Waals surface area contributed by atoms with Crippen molar-refractivity contribution in [2.75, 3.05) is 13.1 Å². The van der Waals surface area contributed by atoms with Gasteiger partial charge >= 0.3 is 23.9 Å². The molecular formula is C40H46BrF2N7O11. The smallest absolute Gasteiger partial charge is 0.355 e. The lowest BCUT2D eigenvalue weighted by Gasteiger charge is -2.37. The predicted molar refractivity (Wildman–Crippen MR) is 215 cm³/mol. The highest BCUT2D eigenvalue weighted by Crippen LogP contribution is 2.42. The Kier molecular flexibility index (Phi) is 14.2. The molecule has 1 aromatic carbocycles. The minimum Gasteiger partial charge on any atom is -0.481 e. The normalized spacial score (nSPS) is 16.4. The van der Waals surface area contributed by atoms with Gasteiger partial charge in [-0.15, -0.1) is 0 Å². The number of carbonyl (C=O) groups excluding carboxylic acids is 6. The van der Waals surface area contributed by atoms with Gasteiger partial charge in [0.25, 0.3) is 11.5 Å². The number of benzene rings is 1. The van der Waals surface area contributed by atoms with E-state index in [9.17, 15) is 38.4 Å². The average Bonchev–Trinajstić information content (AvgIpc) is 3.55. The van der Waals surface area contributed by atoms with Gasteiger partial charge in [-0.1, -0.05) is 42.8 Å². The molecule has 2 aromatic heterocycles. The SMILES string of the molecule is CC[C@@]1(OC(=O)CCC(F)(F)CN(C(=O)[C@@H](NC(=O)CCC(=O)O)C(C)C)[C@@H](CCCNC(N)=O)C(N)=O)C(=O)OCc2c1cc1n(c2=O)Cc2cc3c(Br)cccc3nc2-1. The van der Waals surface area contributed by atoms with Crippen molar-refractivity contribution in [3.8, 4) is 11.4 Å². The standard InChI is InChI=1S/C40H46BrF2N7O11/c1-4-40(24-16-28-33-21(15-22-25(41)7-5-8-26(22)47-33)17-49(28)35(56)23(24)18-60-37(40)58)61-31(54)12-13-39(42,43)19-50(27(34(44)55)9-6-14-46-38(45)59)36(57)32(20(2)3)48-29(51)10-11-30(52)53/h5,7-8,15-16,20,27,32H,4,6,9-14,17-19H2,1-3H3,(H2,44,55)(H,48,51)(H,52,53)(H3,45,46,59)/t27-,32-,40-/m0/s1. The van der Waals surface area contributed by atoms with Gasteiger partial charge < -0.3 is 46.1 Å². The van der Waals surface area contributed by atoms with Crippen LogP contribution in [0, 0.1) is 5.92 Å². The lowest BCUT2D eigenvalue weighted by molar-refractivity contribution is -0.190. The van der Waals surface area contributed by atoms with Crippen LogP contribution in [0.15, 0.2) is 39.6 Å². The molecule has 0 bridgehead atoms. The number of rotatable bonds is 19. The van der Waals surface area contributed by atoms with Crippen molar-refractivity contribution in [2.45, 2.75) is 102 Å². The van der Waals surface area contributed by atoms with Crippen molar-refractivity contribution < 1.29 is 56.9 Å². The molecule has 0 saturated heterocycles. The number of fused-ring (bicyclic) bond motifs is 5. The van der Waals surface area contributed by atoms with E-state index >= 15 is 8.78 Å². The molecule has 61 heavy (non-hydrogen) atoms. The second-order valence-electron chi connectivity index (χ2n) is 15.2. The summed E-state index contributed by atoms with van der Waals surface area (Å²) >= 11 is 3.52. The number of hydrogen-bond donors (Lipinski definition) is 5. The molecule has 7 N–H and O–H groups in total. The third-order valence-corrected chi connectivity index (χ3v) is 11.3. The average molecular weight is 919 g/mol. The van der Waals surface area contributed by atoms with Crippen molar-refractivity contribution in [2.24, 2.45) is 17.4 Å². The lowest BCUT2D eigenvalue weighted by atomic mass is 9.85. The Hall–Kier alpha value is -5.99. The second-order valence-corrected chi connectivity index (χ2v) is 16.1. The molecule has 4 heterocycles. The molecule has 0 spiro atoms. The van der Waals surface area contributed by atoms with E-state index in [0.717, 1.165) is 15.4 Å². The molecule has 0 aliphatic carbocycles. The first-order chi connectivity index (χ1) is 28.7. The van der Waals surface area contributed by atoms with Crippen LogP contribution < -0.4 is 27.7 Å². The van der Waals surface area contributed by atoms with E-state index in [1.807, 2.05) is 12.1 Å². The zero-order chi connectivity index (χ0) is 45.0. The van der Waals surface area contributed by atoms with Crippen LogP contribution in [0.2, 0.25) is 0 Å². The molecule has 5 amide bonds. The van der Waals surface area contributed by atoms with E-state index in [1.165, 1.54) is 31.4 Å². The first kappa shape index (κ1) is 46.1. The number of carbonyl (C=O) groups is 7. The highest BCUT2D eigenvalue weighted by Gasteiger charge is 2.51. The molecule has 0 saturated carbocycles. The van der Waals surface area contributed by atoms with Gasteiger partial charge in [-0.25, -0.2) is 23.4 Å². The summed E-state index contributed by atoms with van der Waals surface area (Å²) < 4.78 is 45.5. The van der Waals surface area contributed by atoms with Crippen LogP contribution in [0.25, 0.3) is 22.3 Å². The largest absolute Gasteiger partial charge is 0.481 e. The zero-order valence-corrected chi connectivity index (χ0v) is 35.1. The number of ether oxygens (including phenoxy) is 2. The topological polar surface area (TPSA) is 272 Å². The van der Waals surface area contributed by atoms with Crippen molar-refractivity contribution >= 4 is 68.5 Å². The molecule has 0 unspecified atom stereocenters. The van der Waals surface area contributed by atoms with Gasteiger partial charge in [0.1, 0.15) is 18.7 Å². The Balaban J connectivity index is 1.40. The highest BCUT2D eigenvalue weighted by molar-refractivity contribution is 9.10. The summed E-state index contributed by atoms with van der Waals surface area (Å²) in [4.78, 5) is 108. The van der Waals surface area contributed by atoms with Gasteiger partial charge in [-0.05, 0) is 49.4 Å². The molecular weight excluding hydrogens is 872 g/mol. The Morgan fingerprint density at radius 1 is 1.11 bits per heavy atom. The molecule has 3 atom stereocenters. The number of esters is 2. The number of hydrogen-bond acceptors (Lipinski definition) is 11. The van der Waals surface area contributed by atoms with Crippen LogP contribution in [-0.2, 0) is 57.0 Å². The Bertz CT molecular complexity index is 2340. The van der Waals surface area contributed by atoms with Crippen LogP contribution >= 0.6 is 15.9 Å². The summed E-state index contributed by atoms with van der Waals surface area (Å²) in [5.41, 5.74) is 10.2. The fourth-order valence-corrected chi connectivity index (χ4v) is 7.91. The molecule has 21 heteroatoms. The predicted octanol–water partition coefficient (Wildman–Crippen LogP) is 2.95. The third kappa shape index (κ3) is 10.1. The first-order valence-electron chi connectivity index (χ1n) is 19.5. The number of carboxylic acid groups (broad SMARTS) is 1. The van der Waals surface area contributed by atoms with Gasteiger partial charge in [0.15, 0.2) is 0 Å². The maximum absolute atomic E-state index is 16.1. The summed E-state index contributed by atoms with van der Waals surface area (Å²) in [6, 6.07) is 4.76. The minimum absolute atomic E-state index is 0.0311. The third-order valence-electron chi connectivity index (χ3n) is 10.6. The summed E-state index contributed by atoms with van der Waals surface area (Å²) in [5, 5.41) is 14.4. The number of nitrogens with two attached hydrogens (primary N) is 2. The van der Waals surface area contributed by atoms with Gasteiger partial charge in [0, 0.05) is 40.4 Å². The van der Waals surface area contributed by atoms with Gasteiger partial charge in [0.2, 0.25) is 23.3 Å². The van der Waals surface area contributed by atoms with Crippen molar-refractivity contribution in [1.82, 2.24) is 25.1 Å². The number of aliphatic carboxylic acids is 1. The van der Waals surface area contributed by atoms with E-state index in [1.54, 1.807) is 12.1 Å². The van der Waals surface area contributed by atoms with E-state index in [4.69, 9.17) is 31.0 Å². The van der Waals surface area contributed by atoms with E-state index in [0.29, 0.717) is 21.8 Å². The number of primary amides is 2. The number of halogens is 3. The van der Waals surface area contributed by atoms with E-state index in [-0.39, 0.29) is 43.5 Å². The number of nitrogens with zero attached hydrogens (tertiary/aromatic N) is 3. The number of pyridine rings is 2. The van der Waals surface area contributed by atoms with Crippen LogP contribution in [0.3, 0.4) is 0 Å². The minimum atomic E-state index is -3.93. The van der Waals surface area contributed by atoms with Crippen molar-refractivity contribution in [3.05, 3.63) is 61.8 Å². The quantitative estimate of drug-likeness (QED) is 0.0671. The number of aromatic nitrogens is 2. The number of carboxylic acids is 1. The maximum Gasteiger partial charge on any atom is 0.355 e. The molecule has 3 aromatic rings. The summed E-state index contributed by atoms with van der Waals surface area (Å²) in [6.07, 6.45) is -4.01. The second kappa shape index (κ2) is 18.7. The monoisotopic (exact) mass is 917 g/mol. The maximum atomic E-state index is 16.1. The number of cyclic esters (lactones) is 1. The zero-order valence-electron chi connectivity index (χ0n) is 33.6. The summed E-state index contributed by atoms with van der Waals surface area (Å²) in [5.74, 6) is -11.5. The summed E-state index contributed by atoms with van der Waals surface area (Å²) in [6.45, 7) is 2.62. The Morgan fingerprint density at radius 3 is 2.48 bits per heavy atom. The van der Waals surface area contributed by atoms with E-state index in [2.05, 4.69) is 26.6 Å². The Labute approximate surface area is 355 Å². The number of amides is 5. The lowest BCUT2D eigenvalue weighted by Crippen LogP contribution is -2.59. The molecule has 2 aliphatic heterocycles. The van der Waals surface area contributed by atoms with Crippen LogP contribution in [0.4, 0.5) is 13.6 Å². The molecule has 0 radical (unpaired) electrons. The van der Waals surface area contributed by atoms with Gasteiger partial charge in [-0.2, -0.15) is 0 Å².